The van der Waals surface area contributed by atoms with Gasteiger partial charge in [-0.25, -0.2) is 4.98 Å². The second kappa shape index (κ2) is 7.15. The van der Waals surface area contributed by atoms with Gasteiger partial charge in [0.25, 0.3) is 5.91 Å². The number of amides is 1. The molecule has 0 spiro atoms. The quantitative estimate of drug-likeness (QED) is 0.620. The first-order valence-corrected chi connectivity index (χ1v) is 8.82. The molecule has 0 atom stereocenters. The van der Waals surface area contributed by atoms with E-state index in [9.17, 15) is 4.79 Å². The first kappa shape index (κ1) is 17.3. The summed E-state index contributed by atoms with van der Waals surface area (Å²) in [5.41, 5.74) is 1.67. The van der Waals surface area contributed by atoms with Crippen molar-refractivity contribution < 1.29 is 9.53 Å². The molecule has 1 amide bonds. The monoisotopic (exact) mass is 400 g/mol. The minimum absolute atomic E-state index is 0.184. The van der Waals surface area contributed by atoms with Crippen LogP contribution < -0.4 is 10.1 Å². The van der Waals surface area contributed by atoms with Gasteiger partial charge in [-0.1, -0.05) is 46.1 Å². The van der Waals surface area contributed by atoms with Gasteiger partial charge in [0.1, 0.15) is 5.75 Å². The number of carbonyl (C=O) groups is 1. The van der Waals surface area contributed by atoms with Crippen molar-refractivity contribution in [2.45, 2.75) is 6.92 Å². The number of ether oxygens (including phenoxy) is 1. The highest BCUT2D eigenvalue weighted by Crippen LogP contribution is 2.32. The van der Waals surface area contributed by atoms with Crippen LogP contribution in [0.1, 0.15) is 5.56 Å². The number of halogens is 3. The molecule has 0 aliphatic rings. The van der Waals surface area contributed by atoms with Crippen molar-refractivity contribution in [3.8, 4) is 5.75 Å². The van der Waals surface area contributed by atoms with Crippen molar-refractivity contribution in [1.82, 2.24) is 4.98 Å². The predicted molar refractivity (Wildman–Crippen MR) is 100.0 cm³/mol. The maximum Gasteiger partial charge on any atom is 0.264 e. The van der Waals surface area contributed by atoms with Crippen LogP contribution in [0.15, 0.2) is 30.3 Å². The Labute approximate surface area is 157 Å². The molecule has 2 aromatic carbocycles. The van der Waals surface area contributed by atoms with Gasteiger partial charge >= 0.3 is 0 Å². The summed E-state index contributed by atoms with van der Waals surface area (Å²) in [5, 5.41) is 4.70. The third kappa shape index (κ3) is 3.75. The molecule has 24 heavy (non-hydrogen) atoms. The van der Waals surface area contributed by atoms with Crippen LogP contribution in [-0.2, 0) is 4.79 Å². The van der Waals surface area contributed by atoms with Crippen LogP contribution in [0.3, 0.4) is 0 Å². The molecule has 3 aromatic rings. The molecule has 1 heterocycles. The van der Waals surface area contributed by atoms with Gasteiger partial charge in [-0.05, 0) is 42.8 Å². The summed E-state index contributed by atoms with van der Waals surface area (Å²) in [6.07, 6.45) is 0. The molecule has 0 aliphatic heterocycles. The lowest BCUT2D eigenvalue weighted by atomic mass is 10.2. The van der Waals surface area contributed by atoms with Gasteiger partial charge < -0.3 is 4.74 Å². The topological polar surface area (TPSA) is 51.2 Å². The predicted octanol–water partition coefficient (Wildman–Crippen LogP) is 5.58. The van der Waals surface area contributed by atoms with Crippen LogP contribution in [0.25, 0.3) is 10.2 Å². The molecule has 0 radical (unpaired) electrons. The Morgan fingerprint density at radius 3 is 2.75 bits per heavy atom. The summed E-state index contributed by atoms with van der Waals surface area (Å²) < 4.78 is 6.35. The van der Waals surface area contributed by atoms with Crippen LogP contribution in [0.5, 0.6) is 5.75 Å². The zero-order valence-corrected chi connectivity index (χ0v) is 15.5. The van der Waals surface area contributed by atoms with Crippen molar-refractivity contribution in [2.75, 3.05) is 11.9 Å². The Bertz CT molecular complexity index is 927. The molecule has 3 rings (SSSR count). The summed E-state index contributed by atoms with van der Waals surface area (Å²) in [4.78, 5) is 16.4. The van der Waals surface area contributed by atoms with Gasteiger partial charge in [-0.15, -0.1) is 0 Å². The van der Waals surface area contributed by atoms with Crippen LogP contribution in [0.2, 0.25) is 15.1 Å². The minimum atomic E-state index is -0.330. The van der Waals surface area contributed by atoms with Gasteiger partial charge in [0.05, 0.1) is 15.2 Å². The second-order valence-corrected chi connectivity index (χ2v) is 7.23. The van der Waals surface area contributed by atoms with Crippen molar-refractivity contribution in [1.29, 1.82) is 0 Å². The van der Waals surface area contributed by atoms with Crippen LogP contribution in [-0.4, -0.2) is 17.5 Å². The molecule has 1 aromatic heterocycles. The highest BCUT2D eigenvalue weighted by atomic mass is 35.5. The molecule has 0 fully saturated rings. The fraction of sp³-hybridized carbons (Fsp3) is 0.125. The zero-order valence-electron chi connectivity index (χ0n) is 12.4. The van der Waals surface area contributed by atoms with Crippen molar-refractivity contribution in [2.24, 2.45) is 0 Å². The molecule has 8 heteroatoms. The Morgan fingerprint density at radius 2 is 2.00 bits per heavy atom. The van der Waals surface area contributed by atoms with E-state index in [1.807, 2.05) is 19.1 Å². The number of rotatable bonds is 4. The maximum absolute atomic E-state index is 12.0. The summed E-state index contributed by atoms with van der Waals surface area (Å²) in [6, 6.07) is 8.49. The van der Waals surface area contributed by atoms with Crippen molar-refractivity contribution in [3.63, 3.8) is 0 Å². The average Bonchev–Trinajstić information content (AvgIpc) is 2.93. The smallest absolute Gasteiger partial charge is 0.264 e. The van der Waals surface area contributed by atoms with E-state index in [-0.39, 0.29) is 12.5 Å². The van der Waals surface area contributed by atoms with E-state index >= 15 is 0 Å². The lowest BCUT2D eigenvalue weighted by Gasteiger charge is -2.07. The fourth-order valence-electron chi connectivity index (χ4n) is 2.04. The molecule has 0 saturated heterocycles. The van der Waals surface area contributed by atoms with E-state index in [2.05, 4.69) is 10.3 Å². The van der Waals surface area contributed by atoms with E-state index < -0.39 is 0 Å². The summed E-state index contributed by atoms with van der Waals surface area (Å²) >= 11 is 19.3. The Morgan fingerprint density at radius 1 is 1.21 bits per heavy atom. The molecule has 0 aliphatic carbocycles. The van der Waals surface area contributed by atoms with Gasteiger partial charge in [0, 0.05) is 10.0 Å². The number of hydrogen-bond donors (Lipinski definition) is 1. The van der Waals surface area contributed by atoms with E-state index in [4.69, 9.17) is 39.5 Å². The minimum Gasteiger partial charge on any atom is -0.482 e. The van der Waals surface area contributed by atoms with Gasteiger partial charge in [-0.3, -0.25) is 10.1 Å². The highest BCUT2D eigenvalue weighted by Gasteiger charge is 2.12. The first-order valence-electron chi connectivity index (χ1n) is 6.87. The lowest BCUT2D eigenvalue weighted by Crippen LogP contribution is -2.20. The SMILES string of the molecule is Cc1c(Cl)ccc2sc(NC(=O)COc3ccc(Cl)cc3Cl)nc12. The van der Waals surface area contributed by atoms with Gasteiger partial charge in [-0.2, -0.15) is 0 Å². The molecule has 1 N–H and O–H groups in total. The lowest BCUT2D eigenvalue weighted by molar-refractivity contribution is -0.118. The van der Waals surface area contributed by atoms with E-state index in [0.717, 1.165) is 15.8 Å². The van der Waals surface area contributed by atoms with Crippen molar-refractivity contribution >= 4 is 67.4 Å². The normalized spacial score (nSPS) is 10.8. The fourth-order valence-corrected chi connectivity index (χ4v) is 3.60. The summed E-state index contributed by atoms with van der Waals surface area (Å²) in [7, 11) is 0. The largest absolute Gasteiger partial charge is 0.482 e. The number of nitrogens with zero attached hydrogens (tertiary/aromatic N) is 1. The molecular formula is C16H11Cl3N2O2S. The average molecular weight is 402 g/mol. The van der Waals surface area contributed by atoms with Crippen molar-refractivity contribution in [3.05, 3.63) is 51.0 Å². The van der Waals surface area contributed by atoms with Crippen LogP contribution >= 0.6 is 46.1 Å². The van der Waals surface area contributed by atoms with Gasteiger partial charge in [0.2, 0.25) is 0 Å². The molecule has 0 bridgehead atoms. The highest BCUT2D eigenvalue weighted by molar-refractivity contribution is 7.22. The third-order valence-electron chi connectivity index (χ3n) is 3.25. The number of hydrogen-bond acceptors (Lipinski definition) is 4. The van der Waals surface area contributed by atoms with Gasteiger partial charge in [0.15, 0.2) is 11.7 Å². The number of anilines is 1. The number of aryl methyl sites for hydroxylation is 1. The number of thiazole rings is 1. The second-order valence-electron chi connectivity index (χ2n) is 4.95. The Hall–Kier alpha value is -1.53. The third-order valence-corrected chi connectivity index (χ3v) is 5.12. The molecule has 4 nitrogen and oxygen atoms in total. The molecule has 0 unspecified atom stereocenters. The number of aromatic nitrogens is 1. The molecule has 0 saturated carbocycles. The van der Waals surface area contributed by atoms with E-state index in [1.54, 1.807) is 18.2 Å². The molecule has 124 valence electrons. The van der Waals surface area contributed by atoms with Crippen LogP contribution in [0.4, 0.5) is 5.13 Å². The Balaban J connectivity index is 1.67. The number of fused-ring (bicyclic) bond motifs is 1. The van der Waals surface area contributed by atoms with Crippen LogP contribution in [0, 0.1) is 6.92 Å². The Kier molecular flexibility index (Phi) is 5.15. The molecular weight excluding hydrogens is 391 g/mol. The number of benzene rings is 2. The van der Waals surface area contributed by atoms with E-state index in [1.165, 1.54) is 11.3 Å². The maximum atomic E-state index is 12.0. The standard InChI is InChI=1S/C16H11Cl3N2O2S/c1-8-10(18)3-5-13-15(8)21-16(24-13)20-14(22)7-23-12-4-2-9(17)6-11(12)19/h2-6H,7H2,1H3,(H,20,21,22). The zero-order chi connectivity index (χ0) is 17.3. The summed E-state index contributed by atoms with van der Waals surface area (Å²) in [6.45, 7) is 1.71. The number of carbonyl (C=O) groups excluding carboxylic acids is 1. The first-order chi connectivity index (χ1) is 11.4. The number of nitrogens with one attached hydrogen (secondary N) is 1. The van der Waals surface area contributed by atoms with E-state index in [0.29, 0.717) is 25.9 Å². The summed E-state index contributed by atoms with van der Waals surface area (Å²) in [5.74, 6) is 0.0620.